The van der Waals surface area contributed by atoms with Crippen LogP contribution in [0.25, 0.3) is 0 Å². The molecule has 2 amide bonds. The van der Waals surface area contributed by atoms with E-state index in [1.165, 1.54) is 30.6 Å². The molecule has 4 bridgehead atoms. The minimum absolute atomic E-state index is 0.121. The Kier molecular flexibility index (Phi) is 6.25. The number of amides is 2. The Hall–Kier alpha value is -2.28. The van der Waals surface area contributed by atoms with Gasteiger partial charge >= 0.3 is 0 Å². The molecule has 7 heteroatoms. The number of hydrogen-bond donors (Lipinski definition) is 2. The van der Waals surface area contributed by atoms with E-state index in [-0.39, 0.29) is 17.2 Å². The number of carbonyl (C=O) groups is 2. The Balaban J connectivity index is 1.16. The molecule has 1 aromatic heterocycles. The summed E-state index contributed by atoms with van der Waals surface area (Å²) < 4.78 is 0. The lowest BCUT2D eigenvalue weighted by atomic mass is 9.49. The van der Waals surface area contributed by atoms with Crippen LogP contribution >= 0.6 is 11.3 Å². The monoisotopic (exact) mass is 466 g/mol. The van der Waals surface area contributed by atoms with Gasteiger partial charge in [-0.05, 0) is 86.8 Å². The van der Waals surface area contributed by atoms with Gasteiger partial charge in [0.05, 0.1) is 0 Å². The van der Waals surface area contributed by atoms with E-state index >= 15 is 0 Å². The maximum Gasteiger partial charge on any atom is 0.257 e. The molecule has 33 heavy (non-hydrogen) atoms. The number of nitrogens with one attached hydrogen (secondary N) is 2. The van der Waals surface area contributed by atoms with Crippen LogP contribution < -0.4 is 10.6 Å². The largest absolute Gasteiger partial charge is 0.352 e. The number of nitrogens with zero attached hydrogens (tertiary/aromatic N) is 2. The summed E-state index contributed by atoms with van der Waals surface area (Å²) in [6.07, 6.45) is 9.28. The van der Waals surface area contributed by atoms with E-state index in [4.69, 9.17) is 0 Å². The summed E-state index contributed by atoms with van der Waals surface area (Å²) in [4.78, 5) is 25.8. The van der Waals surface area contributed by atoms with E-state index in [2.05, 4.69) is 34.7 Å². The van der Waals surface area contributed by atoms with Gasteiger partial charge in [-0.25, -0.2) is 0 Å². The van der Waals surface area contributed by atoms with Crippen LogP contribution in [0.4, 0.5) is 5.13 Å². The maximum atomic E-state index is 13.2. The molecule has 0 aliphatic heterocycles. The predicted octanol–water partition coefficient (Wildman–Crippen LogP) is 5.53. The van der Waals surface area contributed by atoms with Gasteiger partial charge in [-0.15, -0.1) is 10.2 Å². The number of anilines is 1. The molecule has 6 nitrogen and oxygen atoms in total. The number of aromatic nitrogens is 2. The van der Waals surface area contributed by atoms with Crippen LogP contribution in [0.3, 0.4) is 0 Å². The molecule has 0 unspecified atom stereocenters. The number of benzene rings is 1. The van der Waals surface area contributed by atoms with Gasteiger partial charge in [-0.3, -0.25) is 14.9 Å². The van der Waals surface area contributed by atoms with Gasteiger partial charge in [0.1, 0.15) is 5.01 Å². The summed E-state index contributed by atoms with van der Waals surface area (Å²) in [7, 11) is 0. The topological polar surface area (TPSA) is 84.0 Å². The van der Waals surface area contributed by atoms with Crippen LogP contribution in [0.5, 0.6) is 0 Å². The van der Waals surface area contributed by atoms with Crippen LogP contribution in [-0.4, -0.2) is 22.0 Å². The summed E-state index contributed by atoms with van der Waals surface area (Å²) >= 11 is 1.45. The highest BCUT2D eigenvalue weighted by molar-refractivity contribution is 7.15. The molecule has 6 rings (SSSR count). The van der Waals surface area contributed by atoms with E-state index < -0.39 is 0 Å². The van der Waals surface area contributed by atoms with Crippen LogP contribution in [0.2, 0.25) is 0 Å². The van der Waals surface area contributed by atoms with Crippen LogP contribution in [0.15, 0.2) is 24.3 Å². The minimum atomic E-state index is -0.189. The van der Waals surface area contributed by atoms with Crippen molar-refractivity contribution in [2.75, 3.05) is 5.32 Å². The molecule has 0 radical (unpaired) electrons. The Bertz CT molecular complexity index is 976. The third-order valence-electron chi connectivity index (χ3n) is 8.19. The quantitative estimate of drug-likeness (QED) is 0.536. The first-order valence-corrected chi connectivity index (χ1v) is 13.3. The maximum absolute atomic E-state index is 13.2. The van der Waals surface area contributed by atoms with Gasteiger partial charge in [0.15, 0.2) is 0 Å². The summed E-state index contributed by atoms with van der Waals surface area (Å²) in [5.74, 6) is 2.73. The molecule has 4 aliphatic carbocycles. The second kappa shape index (κ2) is 9.16. The molecule has 1 aromatic carbocycles. The smallest absolute Gasteiger partial charge is 0.257 e. The van der Waals surface area contributed by atoms with Crippen molar-refractivity contribution >= 4 is 28.3 Å². The lowest BCUT2D eigenvalue weighted by Crippen LogP contribution is -2.53. The Morgan fingerprint density at radius 3 is 2.18 bits per heavy atom. The number of hydrogen-bond acceptors (Lipinski definition) is 5. The van der Waals surface area contributed by atoms with Gasteiger partial charge in [0.25, 0.3) is 5.91 Å². The van der Waals surface area contributed by atoms with E-state index in [1.54, 1.807) is 0 Å². The zero-order valence-corrected chi connectivity index (χ0v) is 20.4. The fourth-order valence-corrected chi connectivity index (χ4v) is 7.79. The van der Waals surface area contributed by atoms with E-state index in [1.807, 2.05) is 24.3 Å². The zero-order chi connectivity index (χ0) is 23.0. The van der Waals surface area contributed by atoms with E-state index in [0.29, 0.717) is 23.2 Å². The van der Waals surface area contributed by atoms with Gasteiger partial charge in [-0.1, -0.05) is 37.3 Å². The molecule has 2 aromatic rings. The lowest BCUT2D eigenvalue weighted by Gasteiger charge is -2.55. The van der Waals surface area contributed by atoms with Crippen molar-refractivity contribution in [2.45, 2.75) is 77.7 Å². The molecule has 0 saturated heterocycles. The third-order valence-corrected chi connectivity index (χ3v) is 9.19. The molecule has 1 heterocycles. The number of rotatable bonds is 8. The standard InChI is InChI=1S/C26H34N4O2S/c1-3-20(4-2)23-29-30-25(33-23)28-22(31)21-7-5-16(6-8-21)15-27-24(32)26-12-17-9-18(13-26)11-19(10-17)14-26/h5-8,17-20H,3-4,9-15H2,1-2H3,(H,27,32)(H,28,30,31). The zero-order valence-electron chi connectivity index (χ0n) is 19.6. The van der Waals surface area contributed by atoms with Crippen molar-refractivity contribution in [3.05, 3.63) is 40.4 Å². The normalized spacial score (nSPS) is 27.7. The summed E-state index contributed by atoms with van der Waals surface area (Å²) in [6, 6.07) is 7.46. The molecule has 2 N–H and O–H groups in total. The van der Waals surface area contributed by atoms with Gasteiger partial charge in [0.2, 0.25) is 11.0 Å². The van der Waals surface area contributed by atoms with Crippen molar-refractivity contribution in [3.63, 3.8) is 0 Å². The fourth-order valence-electron chi connectivity index (χ4n) is 6.79. The first kappa shape index (κ1) is 22.5. The molecular weight excluding hydrogens is 432 g/mol. The summed E-state index contributed by atoms with van der Waals surface area (Å²) in [5.41, 5.74) is 1.46. The lowest BCUT2D eigenvalue weighted by molar-refractivity contribution is -0.146. The van der Waals surface area contributed by atoms with Gasteiger partial charge in [-0.2, -0.15) is 0 Å². The van der Waals surface area contributed by atoms with Crippen molar-refractivity contribution < 1.29 is 9.59 Å². The molecule has 176 valence electrons. The molecule has 4 saturated carbocycles. The molecule has 4 fully saturated rings. The Labute approximate surface area is 200 Å². The highest BCUT2D eigenvalue weighted by Gasteiger charge is 2.54. The summed E-state index contributed by atoms with van der Waals surface area (Å²) in [6.45, 7) is 4.79. The third kappa shape index (κ3) is 4.57. The highest BCUT2D eigenvalue weighted by atomic mass is 32.1. The number of carbonyl (C=O) groups excluding carboxylic acids is 2. The Morgan fingerprint density at radius 1 is 1.00 bits per heavy atom. The van der Waals surface area contributed by atoms with E-state index in [9.17, 15) is 9.59 Å². The van der Waals surface area contributed by atoms with Crippen LogP contribution in [0, 0.1) is 23.2 Å². The SMILES string of the molecule is CCC(CC)c1nnc(NC(=O)c2ccc(CNC(=O)C34CC5CC(CC(C5)C3)C4)cc2)s1. The first-order chi connectivity index (χ1) is 16.0. The fraction of sp³-hybridized carbons (Fsp3) is 0.615. The van der Waals surface area contributed by atoms with Crippen molar-refractivity contribution in [1.29, 1.82) is 0 Å². The highest BCUT2D eigenvalue weighted by Crippen LogP contribution is 2.60. The average molecular weight is 467 g/mol. The molecule has 4 aliphatic rings. The van der Waals surface area contributed by atoms with Crippen molar-refractivity contribution in [2.24, 2.45) is 23.2 Å². The second-order valence-corrected chi connectivity index (χ2v) is 11.5. The van der Waals surface area contributed by atoms with Gasteiger partial charge < -0.3 is 5.32 Å². The molecular formula is C26H34N4O2S. The molecule has 0 atom stereocenters. The average Bonchev–Trinajstić information content (AvgIpc) is 3.26. The van der Waals surface area contributed by atoms with E-state index in [0.717, 1.165) is 60.4 Å². The predicted molar refractivity (Wildman–Crippen MR) is 130 cm³/mol. The van der Waals surface area contributed by atoms with Crippen LogP contribution in [-0.2, 0) is 11.3 Å². The Morgan fingerprint density at radius 2 is 1.61 bits per heavy atom. The van der Waals surface area contributed by atoms with Crippen molar-refractivity contribution in [1.82, 2.24) is 15.5 Å². The van der Waals surface area contributed by atoms with Crippen molar-refractivity contribution in [3.8, 4) is 0 Å². The molecule has 0 spiro atoms. The minimum Gasteiger partial charge on any atom is -0.352 e. The second-order valence-electron chi connectivity index (χ2n) is 10.5. The summed E-state index contributed by atoms with van der Waals surface area (Å²) in [5, 5.41) is 16.0. The van der Waals surface area contributed by atoms with Gasteiger partial charge in [0, 0.05) is 23.4 Å². The van der Waals surface area contributed by atoms with Crippen LogP contribution in [0.1, 0.15) is 92.1 Å². The first-order valence-electron chi connectivity index (χ1n) is 12.5.